The zero-order chi connectivity index (χ0) is 17.1. The summed E-state index contributed by atoms with van der Waals surface area (Å²) in [7, 11) is 0. The minimum Gasteiger partial charge on any atom is -0.360 e. The number of aryl methyl sites for hydroxylation is 1. The first-order valence-corrected chi connectivity index (χ1v) is 7.96. The van der Waals surface area contributed by atoms with Crippen LogP contribution in [0.5, 0.6) is 0 Å². The number of rotatable bonds is 4. The Morgan fingerprint density at radius 1 is 1.25 bits per heavy atom. The van der Waals surface area contributed by atoms with Crippen molar-refractivity contribution < 1.29 is 9.72 Å². The number of fused-ring (bicyclic) bond motifs is 1. The Labute approximate surface area is 140 Å². The average molecular weight is 325 g/mol. The maximum atomic E-state index is 12.6. The Morgan fingerprint density at radius 2 is 2.04 bits per heavy atom. The van der Waals surface area contributed by atoms with Gasteiger partial charge in [0.15, 0.2) is 0 Å². The summed E-state index contributed by atoms with van der Waals surface area (Å²) in [4.78, 5) is 25.0. The van der Waals surface area contributed by atoms with Crippen molar-refractivity contribution in [3.8, 4) is 0 Å². The lowest BCUT2D eigenvalue weighted by atomic mass is 10.00. The SMILES string of the molecule is CC(C(=O)Nc1cccc([N+](=O)[O-])c1)N1CCCc2ccccc21. The number of hydrogen-bond donors (Lipinski definition) is 1. The van der Waals surface area contributed by atoms with Crippen molar-refractivity contribution in [2.45, 2.75) is 25.8 Å². The molecule has 0 saturated heterocycles. The molecular formula is C18H19N3O3. The molecule has 1 heterocycles. The Balaban J connectivity index is 1.76. The molecule has 1 N–H and O–H groups in total. The van der Waals surface area contributed by atoms with Gasteiger partial charge in [-0.3, -0.25) is 14.9 Å². The maximum absolute atomic E-state index is 12.6. The fourth-order valence-corrected chi connectivity index (χ4v) is 3.05. The molecule has 0 saturated carbocycles. The van der Waals surface area contributed by atoms with Crippen LogP contribution in [0.3, 0.4) is 0 Å². The van der Waals surface area contributed by atoms with Crippen molar-refractivity contribution in [2.75, 3.05) is 16.8 Å². The van der Waals surface area contributed by atoms with E-state index in [0.717, 1.165) is 25.1 Å². The van der Waals surface area contributed by atoms with E-state index in [9.17, 15) is 14.9 Å². The number of carbonyl (C=O) groups is 1. The number of para-hydroxylation sites is 1. The van der Waals surface area contributed by atoms with Gasteiger partial charge in [-0.2, -0.15) is 0 Å². The van der Waals surface area contributed by atoms with Gasteiger partial charge in [-0.05, 0) is 37.5 Å². The van der Waals surface area contributed by atoms with Gasteiger partial charge in [0.1, 0.15) is 6.04 Å². The molecule has 1 aliphatic rings. The smallest absolute Gasteiger partial charge is 0.271 e. The highest BCUT2D eigenvalue weighted by atomic mass is 16.6. The van der Waals surface area contributed by atoms with Gasteiger partial charge in [-0.1, -0.05) is 24.3 Å². The predicted molar refractivity (Wildman–Crippen MR) is 93.3 cm³/mol. The summed E-state index contributed by atoms with van der Waals surface area (Å²) in [5, 5.41) is 13.6. The quantitative estimate of drug-likeness (QED) is 0.691. The van der Waals surface area contributed by atoms with Gasteiger partial charge in [0, 0.05) is 30.1 Å². The van der Waals surface area contributed by atoms with Crippen LogP contribution in [-0.4, -0.2) is 23.4 Å². The van der Waals surface area contributed by atoms with Crippen LogP contribution in [0.4, 0.5) is 17.1 Å². The Kier molecular flexibility index (Phi) is 4.46. The third-order valence-corrected chi connectivity index (χ3v) is 4.32. The van der Waals surface area contributed by atoms with Crippen LogP contribution < -0.4 is 10.2 Å². The van der Waals surface area contributed by atoms with Crippen LogP contribution in [0, 0.1) is 10.1 Å². The topological polar surface area (TPSA) is 75.5 Å². The molecule has 124 valence electrons. The minimum absolute atomic E-state index is 0.0382. The molecule has 0 aromatic heterocycles. The molecule has 0 aliphatic carbocycles. The number of carbonyl (C=O) groups excluding carboxylic acids is 1. The van der Waals surface area contributed by atoms with E-state index in [1.807, 2.05) is 25.1 Å². The number of nitrogens with one attached hydrogen (secondary N) is 1. The second kappa shape index (κ2) is 6.70. The summed E-state index contributed by atoms with van der Waals surface area (Å²) < 4.78 is 0. The highest BCUT2D eigenvalue weighted by Crippen LogP contribution is 2.28. The summed E-state index contributed by atoms with van der Waals surface area (Å²) in [5.41, 5.74) is 2.74. The molecule has 1 unspecified atom stereocenters. The highest BCUT2D eigenvalue weighted by molar-refractivity contribution is 5.97. The molecule has 2 aromatic carbocycles. The molecule has 2 aromatic rings. The van der Waals surface area contributed by atoms with Gasteiger partial charge < -0.3 is 10.2 Å². The van der Waals surface area contributed by atoms with Crippen LogP contribution in [0.25, 0.3) is 0 Å². The van der Waals surface area contributed by atoms with Crippen LogP contribution in [-0.2, 0) is 11.2 Å². The zero-order valence-corrected chi connectivity index (χ0v) is 13.4. The molecule has 1 aliphatic heterocycles. The maximum Gasteiger partial charge on any atom is 0.271 e. The highest BCUT2D eigenvalue weighted by Gasteiger charge is 2.26. The summed E-state index contributed by atoms with van der Waals surface area (Å²) in [6.45, 7) is 2.68. The molecule has 1 atom stereocenters. The lowest BCUT2D eigenvalue weighted by Gasteiger charge is -2.35. The first-order valence-electron chi connectivity index (χ1n) is 7.96. The van der Waals surface area contributed by atoms with Crippen LogP contribution in [0.15, 0.2) is 48.5 Å². The van der Waals surface area contributed by atoms with E-state index in [1.54, 1.807) is 12.1 Å². The summed E-state index contributed by atoms with van der Waals surface area (Å²) >= 11 is 0. The van der Waals surface area contributed by atoms with E-state index in [4.69, 9.17) is 0 Å². The minimum atomic E-state index is -0.472. The summed E-state index contributed by atoms with van der Waals surface area (Å²) in [6, 6.07) is 13.7. The Morgan fingerprint density at radius 3 is 2.83 bits per heavy atom. The number of nitrogens with zero attached hydrogens (tertiary/aromatic N) is 2. The van der Waals surface area contributed by atoms with Crippen LogP contribution >= 0.6 is 0 Å². The number of hydrogen-bond acceptors (Lipinski definition) is 4. The molecular weight excluding hydrogens is 306 g/mol. The average Bonchev–Trinajstić information content (AvgIpc) is 2.60. The normalized spacial score (nSPS) is 14.6. The number of amides is 1. The second-order valence-electron chi connectivity index (χ2n) is 5.90. The zero-order valence-electron chi connectivity index (χ0n) is 13.4. The molecule has 0 spiro atoms. The van der Waals surface area contributed by atoms with Crippen molar-refractivity contribution in [3.05, 3.63) is 64.2 Å². The third kappa shape index (κ3) is 3.22. The first kappa shape index (κ1) is 16.0. The Hall–Kier alpha value is -2.89. The number of nitro groups is 1. The van der Waals surface area contributed by atoms with Crippen molar-refractivity contribution >= 4 is 23.0 Å². The number of anilines is 2. The van der Waals surface area contributed by atoms with E-state index in [0.29, 0.717) is 5.69 Å². The first-order chi connectivity index (χ1) is 11.6. The number of nitro benzene ring substituents is 1. The summed E-state index contributed by atoms with van der Waals surface area (Å²) in [6.07, 6.45) is 2.03. The molecule has 0 bridgehead atoms. The van der Waals surface area contributed by atoms with Gasteiger partial charge in [-0.25, -0.2) is 0 Å². The second-order valence-corrected chi connectivity index (χ2v) is 5.90. The van der Waals surface area contributed by atoms with E-state index < -0.39 is 4.92 Å². The molecule has 1 amide bonds. The van der Waals surface area contributed by atoms with Crippen molar-refractivity contribution in [1.29, 1.82) is 0 Å². The molecule has 6 nitrogen and oxygen atoms in total. The van der Waals surface area contributed by atoms with Gasteiger partial charge in [0.2, 0.25) is 5.91 Å². The molecule has 3 rings (SSSR count). The van der Waals surface area contributed by atoms with Crippen molar-refractivity contribution in [2.24, 2.45) is 0 Å². The third-order valence-electron chi connectivity index (χ3n) is 4.32. The number of non-ortho nitro benzene ring substituents is 1. The van der Waals surface area contributed by atoms with E-state index in [-0.39, 0.29) is 17.6 Å². The number of benzene rings is 2. The lowest BCUT2D eigenvalue weighted by Crippen LogP contribution is -2.44. The van der Waals surface area contributed by atoms with E-state index in [2.05, 4.69) is 16.3 Å². The molecule has 0 radical (unpaired) electrons. The fraction of sp³-hybridized carbons (Fsp3) is 0.278. The fourth-order valence-electron chi connectivity index (χ4n) is 3.05. The Bertz CT molecular complexity index is 776. The van der Waals surface area contributed by atoms with Gasteiger partial charge in [0.05, 0.1) is 4.92 Å². The van der Waals surface area contributed by atoms with Crippen molar-refractivity contribution in [3.63, 3.8) is 0 Å². The lowest BCUT2D eigenvalue weighted by molar-refractivity contribution is -0.384. The largest absolute Gasteiger partial charge is 0.360 e. The van der Waals surface area contributed by atoms with Crippen LogP contribution in [0.1, 0.15) is 18.9 Å². The molecule has 0 fully saturated rings. The van der Waals surface area contributed by atoms with Crippen molar-refractivity contribution in [1.82, 2.24) is 0 Å². The predicted octanol–water partition coefficient (Wildman–Crippen LogP) is 3.37. The van der Waals surface area contributed by atoms with Gasteiger partial charge in [0.25, 0.3) is 5.69 Å². The van der Waals surface area contributed by atoms with Gasteiger partial charge >= 0.3 is 0 Å². The molecule has 24 heavy (non-hydrogen) atoms. The molecule has 6 heteroatoms. The van der Waals surface area contributed by atoms with Gasteiger partial charge in [-0.15, -0.1) is 0 Å². The van der Waals surface area contributed by atoms with E-state index >= 15 is 0 Å². The van der Waals surface area contributed by atoms with Crippen LogP contribution in [0.2, 0.25) is 0 Å². The monoisotopic (exact) mass is 325 g/mol. The standard InChI is InChI=1S/C18H19N3O3/c1-13(20-11-5-7-14-6-2-3-10-17(14)20)18(22)19-15-8-4-9-16(12-15)21(23)24/h2-4,6,8-10,12-13H,5,7,11H2,1H3,(H,19,22). The summed E-state index contributed by atoms with van der Waals surface area (Å²) in [5.74, 6) is -0.174. The van der Waals surface area contributed by atoms with E-state index in [1.165, 1.54) is 17.7 Å².